The Labute approximate surface area is 264 Å². The lowest BCUT2D eigenvalue weighted by atomic mass is 9.92. The fourth-order valence-corrected chi connectivity index (χ4v) is 5.59. The number of hydrogen-bond acceptors (Lipinski definition) is 7. The zero-order valence-electron chi connectivity index (χ0n) is 25.6. The summed E-state index contributed by atoms with van der Waals surface area (Å²) in [7, 11) is -4.04. The number of aryl methyl sites for hydroxylation is 1. The molecule has 3 rings (SSSR count). The van der Waals surface area contributed by atoms with E-state index in [1.807, 2.05) is 6.92 Å². The number of ether oxygens (including phenoxy) is 2. The average molecular weight is 648 g/mol. The third-order valence-electron chi connectivity index (χ3n) is 6.60. The van der Waals surface area contributed by atoms with Gasteiger partial charge in [0.15, 0.2) is 0 Å². The number of rotatable bonds is 13. The molecule has 0 aliphatic rings. The Kier molecular flexibility index (Phi) is 12.3. The Morgan fingerprint density at radius 2 is 1.66 bits per heavy atom. The van der Waals surface area contributed by atoms with Gasteiger partial charge < -0.3 is 14.8 Å². The smallest absolute Gasteiger partial charge is 0.407 e. The zero-order valence-corrected chi connectivity index (χ0v) is 27.1. The Balaban J connectivity index is 1.79. The van der Waals surface area contributed by atoms with Crippen LogP contribution in [0.25, 0.3) is 11.1 Å². The molecular weight excluding hydrogens is 609 g/mol. The minimum absolute atomic E-state index is 0.0151. The summed E-state index contributed by atoms with van der Waals surface area (Å²) < 4.78 is 55.8. The molecule has 1 N–H and O–H groups in total. The van der Waals surface area contributed by atoms with Gasteiger partial charge in [-0.1, -0.05) is 53.6 Å². The van der Waals surface area contributed by atoms with Crippen molar-refractivity contribution in [1.29, 1.82) is 0 Å². The number of amides is 1. The van der Waals surface area contributed by atoms with Crippen LogP contribution in [0, 0.1) is 18.7 Å². The molecule has 0 spiro atoms. The highest BCUT2D eigenvalue weighted by Gasteiger charge is 2.28. The van der Waals surface area contributed by atoms with Crippen LogP contribution in [0.3, 0.4) is 0 Å². The number of nitrogens with one attached hydrogen (secondary N) is 1. The van der Waals surface area contributed by atoms with Gasteiger partial charge in [-0.2, -0.15) is 8.42 Å². The first-order valence-corrected chi connectivity index (χ1v) is 16.1. The second kappa shape index (κ2) is 15.5. The maximum absolute atomic E-state index is 14.4. The number of hydrogen-bond donors (Lipinski definition) is 1. The highest BCUT2D eigenvalue weighted by atomic mass is 35.5. The molecule has 1 amide bonds. The molecule has 0 aromatic heterocycles. The number of esters is 1. The van der Waals surface area contributed by atoms with Gasteiger partial charge in [0.1, 0.15) is 11.4 Å². The van der Waals surface area contributed by atoms with Crippen LogP contribution >= 0.6 is 11.6 Å². The van der Waals surface area contributed by atoms with Gasteiger partial charge in [-0.3, -0.25) is 8.98 Å². The van der Waals surface area contributed by atoms with Crippen LogP contribution in [0.4, 0.5) is 9.18 Å². The minimum Gasteiger partial charge on any atom is -0.466 e. The van der Waals surface area contributed by atoms with Gasteiger partial charge in [0.25, 0.3) is 10.1 Å². The lowest BCUT2D eigenvalue weighted by Crippen LogP contribution is -2.42. The van der Waals surface area contributed by atoms with E-state index < -0.39 is 45.6 Å². The van der Waals surface area contributed by atoms with Gasteiger partial charge in [-0.05, 0) is 95.3 Å². The quantitative estimate of drug-likeness (QED) is 0.154. The predicted molar refractivity (Wildman–Crippen MR) is 167 cm³/mol. The number of carbonyl (C=O) groups is 2. The highest BCUT2D eigenvalue weighted by Crippen LogP contribution is 2.27. The van der Waals surface area contributed by atoms with Crippen molar-refractivity contribution in [2.75, 3.05) is 13.2 Å². The second-order valence-corrected chi connectivity index (χ2v) is 13.5. The largest absolute Gasteiger partial charge is 0.466 e. The molecular formula is C33H39ClFNO7S. The summed E-state index contributed by atoms with van der Waals surface area (Å²) in [6.07, 6.45) is -0.211. The molecule has 3 aromatic rings. The molecule has 238 valence electrons. The molecule has 0 aliphatic heterocycles. The van der Waals surface area contributed by atoms with Crippen molar-refractivity contribution in [2.45, 2.75) is 70.4 Å². The van der Waals surface area contributed by atoms with Crippen molar-refractivity contribution in [2.24, 2.45) is 5.92 Å². The van der Waals surface area contributed by atoms with E-state index in [1.165, 1.54) is 24.3 Å². The summed E-state index contributed by atoms with van der Waals surface area (Å²) in [6.45, 7) is 8.60. The first kappa shape index (κ1) is 35.0. The number of alkyl carbamates (subject to hydrolysis) is 1. The van der Waals surface area contributed by atoms with E-state index in [9.17, 15) is 22.4 Å². The molecule has 0 heterocycles. The number of halogens is 2. The first-order valence-electron chi connectivity index (χ1n) is 14.3. The van der Waals surface area contributed by atoms with Crippen molar-refractivity contribution in [3.05, 3.63) is 88.7 Å². The van der Waals surface area contributed by atoms with E-state index in [0.717, 1.165) is 11.1 Å². The Hall–Kier alpha value is -3.47. The normalized spacial score (nSPS) is 13.2. The lowest BCUT2D eigenvalue weighted by molar-refractivity contribution is -0.149. The van der Waals surface area contributed by atoms with Crippen LogP contribution in [0.5, 0.6) is 0 Å². The van der Waals surface area contributed by atoms with Crippen molar-refractivity contribution in [3.63, 3.8) is 0 Å². The molecule has 0 bridgehead atoms. The van der Waals surface area contributed by atoms with Crippen LogP contribution in [-0.4, -0.2) is 45.3 Å². The number of benzene rings is 3. The third-order valence-corrected chi connectivity index (χ3v) is 8.16. The molecule has 8 nitrogen and oxygen atoms in total. The average Bonchev–Trinajstić information content (AvgIpc) is 2.93. The monoisotopic (exact) mass is 647 g/mol. The van der Waals surface area contributed by atoms with Crippen LogP contribution in [0.2, 0.25) is 5.02 Å². The third kappa shape index (κ3) is 10.9. The molecule has 0 aliphatic carbocycles. The lowest BCUT2D eigenvalue weighted by Gasteiger charge is -2.26. The maximum atomic E-state index is 14.4. The molecule has 0 fully saturated rings. The Morgan fingerprint density at radius 1 is 1.00 bits per heavy atom. The summed E-state index contributed by atoms with van der Waals surface area (Å²) in [5, 5.41) is 3.25. The fraction of sp³-hybridized carbons (Fsp3) is 0.394. The molecule has 11 heteroatoms. The molecule has 2 atom stereocenters. The van der Waals surface area contributed by atoms with Crippen LogP contribution in [-0.2, 0) is 35.0 Å². The van der Waals surface area contributed by atoms with Crippen LogP contribution in [0.1, 0.15) is 51.7 Å². The molecule has 0 unspecified atom stereocenters. The molecule has 0 radical (unpaired) electrons. The van der Waals surface area contributed by atoms with Crippen LogP contribution < -0.4 is 5.32 Å². The van der Waals surface area contributed by atoms with E-state index in [4.69, 9.17) is 25.3 Å². The van der Waals surface area contributed by atoms with Gasteiger partial charge in [0, 0.05) is 16.6 Å². The van der Waals surface area contributed by atoms with Gasteiger partial charge in [-0.15, -0.1) is 0 Å². The standard InChI is InChI=1S/C33H39ClFNO7S/c1-6-41-31(37)25(17-18-42-44(39,40)28-14-7-22(2)8-15-28)20-27(36-32(38)43-33(3,4)5)19-23-9-11-24(12-10-23)29-21-26(34)13-16-30(29)35/h7-16,21,25,27H,6,17-20H2,1-5H3,(H,36,38)/t25-,27-/m1/s1. The summed E-state index contributed by atoms with van der Waals surface area (Å²) in [6, 6.07) is 17.1. The summed E-state index contributed by atoms with van der Waals surface area (Å²) >= 11 is 6.06. The second-order valence-electron chi connectivity index (χ2n) is 11.4. The van der Waals surface area contributed by atoms with Gasteiger partial charge in [-0.25, -0.2) is 9.18 Å². The van der Waals surface area contributed by atoms with Gasteiger partial charge in [0.2, 0.25) is 0 Å². The molecule has 0 saturated heterocycles. The Morgan fingerprint density at radius 3 is 2.27 bits per heavy atom. The van der Waals surface area contributed by atoms with Crippen molar-refractivity contribution in [1.82, 2.24) is 5.32 Å². The maximum Gasteiger partial charge on any atom is 0.407 e. The predicted octanol–water partition coefficient (Wildman–Crippen LogP) is 7.26. The zero-order chi connectivity index (χ0) is 32.5. The van der Waals surface area contributed by atoms with Crippen molar-refractivity contribution >= 4 is 33.8 Å². The molecule has 3 aromatic carbocycles. The summed E-state index contributed by atoms with van der Waals surface area (Å²) in [4.78, 5) is 25.7. The van der Waals surface area contributed by atoms with E-state index in [2.05, 4.69) is 5.32 Å². The first-order chi connectivity index (χ1) is 20.7. The topological polar surface area (TPSA) is 108 Å². The van der Waals surface area contributed by atoms with Crippen LogP contribution in [0.15, 0.2) is 71.6 Å². The minimum atomic E-state index is -4.04. The summed E-state index contributed by atoms with van der Waals surface area (Å²) in [5.74, 6) is -1.73. The Bertz CT molecular complexity index is 1520. The van der Waals surface area contributed by atoms with E-state index in [0.29, 0.717) is 22.6 Å². The molecule has 0 saturated carbocycles. The van der Waals surface area contributed by atoms with Crippen molar-refractivity contribution in [3.8, 4) is 11.1 Å². The van der Waals surface area contributed by atoms with Gasteiger partial charge >= 0.3 is 12.1 Å². The fourth-order valence-electron chi connectivity index (χ4n) is 4.50. The SMILES string of the molecule is CCOC(=O)[C@H](CCOS(=O)(=O)c1ccc(C)cc1)C[C@@H](Cc1ccc(-c2cc(Cl)ccc2F)cc1)NC(=O)OC(C)(C)C. The highest BCUT2D eigenvalue weighted by molar-refractivity contribution is 7.86. The van der Waals surface area contributed by atoms with E-state index >= 15 is 0 Å². The molecule has 44 heavy (non-hydrogen) atoms. The summed E-state index contributed by atoms with van der Waals surface area (Å²) in [5.41, 5.74) is 1.94. The number of carbonyl (C=O) groups excluding carboxylic acids is 2. The van der Waals surface area contributed by atoms with E-state index in [-0.39, 0.29) is 31.0 Å². The van der Waals surface area contributed by atoms with Crippen molar-refractivity contribution < 1.29 is 36.1 Å². The van der Waals surface area contributed by atoms with E-state index in [1.54, 1.807) is 70.2 Å². The van der Waals surface area contributed by atoms with Gasteiger partial charge in [0.05, 0.1) is 24.0 Å².